The highest BCUT2D eigenvalue weighted by molar-refractivity contribution is 7.16. The molecule has 2 atom stereocenters. The number of carbonyl (C=O) groups is 1. The second-order valence-corrected chi connectivity index (χ2v) is 12.3. The number of benzene rings is 2. The molecule has 2 unspecified atom stereocenters. The van der Waals surface area contributed by atoms with Crippen molar-refractivity contribution in [2.24, 2.45) is 11.3 Å². The predicted octanol–water partition coefficient (Wildman–Crippen LogP) is 7.06. The van der Waals surface area contributed by atoms with Gasteiger partial charge in [-0.05, 0) is 54.7 Å². The van der Waals surface area contributed by atoms with Gasteiger partial charge in [0.25, 0.3) is 5.91 Å². The lowest BCUT2D eigenvalue weighted by Crippen LogP contribution is -2.38. The van der Waals surface area contributed by atoms with E-state index in [0.717, 1.165) is 41.9 Å². The van der Waals surface area contributed by atoms with Crippen LogP contribution < -0.4 is 10.6 Å². The van der Waals surface area contributed by atoms with E-state index in [1.165, 1.54) is 32.6 Å². The summed E-state index contributed by atoms with van der Waals surface area (Å²) in [5, 5.41) is 9.29. The summed E-state index contributed by atoms with van der Waals surface area (Å²) in [5.74, 6) is 0.724. The van der Waals surface area contributed by atoms with Gasteiger partial charge in [0, 0.05) is 33.6 Å². The van der Waals surface area contributed by atoms with Gasteiger partial charge in [-0.1, -0.05) is 69.3 Å². The maximum absolute atomic E-state index is 13.5. The van der Waals surface area contributed by atoms with Crippen LogP contribution in [0.3, 0.4) is 0 Å². The number of hydrogen-bond acceptors (Lipinski definition) is 3. The van der Waals surface area contributed by atoms with Crippen LogP contribution >= 0.6 is 11.3 Å². The van der Waals surface area contributed by atoms with E-state index in [-0.39, 0.29) is 17.5 Å². The second-order valence-electron chi connectivity index (χ2n) is 11.2. The normalized spacial score (nSPS) is 19.7. The van der Waals surface area contributed by atoms with Gasteiger partial charge in [-0.15, -0.1) is 11.3 Å². The molecule has 0 radical (unpaired) electrons. The summed E-state index contributed by atoms with van der Waals surface area (Å²) in [4.78, 5) is 14.9. The van der Waals surface area contributed by atoms with Crippen molar-refractivity contribution in [3.63, 3.8) is 0 Å². The first-order valence-electron chi connectivity index (χ1n) is 12.6. The second kappa shape index (κ2) is 8.27. The van der Waals surface area contributed by atoms with E-state index in [4.69, 9.17) is 0 Å². The van der Waals surface area contributed by atoms with Gasteiger partial charge >= 0.3 is 0 Å². The Morgan fingerprint density at radius 1 is 1.03 bits per heavy atom. The molecule has 1 amide bonds. The van der Waals surface area contributed by atoms with Crippen molar-refractivity contribution in [1.29, 1.82) is 0 Å². The van der Waals surface area contributed by atoms with E-state index in [1.807, 2.05) is 0 Å². The SMILES string of the molecule is Cc1c(C2NC(=O)c3c(sc4c3CCC(C(C)(C)C)C4)N2)c2ccccc2n1Cc1ccccc1. The van der Waals surface area contributed by atoms with Crippen LogP contribution in [0.5, 0.6) is 0 Å². The molecule has 0 fully saturated rings. The minimum Gasteiger partial charge on any atom is -0.353 e. The molecule has 2 aromatic heterocycles. The quantitative estimate of drug-likeness (QED) is 0.327. The molecule has 1 aliphatic heterocycles. The Kier molecular flexibility index (Phi) is 5.29. The molecule has 180 valence electrons. The number of carbonyl (C=O) groups excluding carboxylic acids is 1. The Bertz CT molecular complexity index is 1420. The lowest BCUT2D eigenvalue weighted by molar-refractivity contribution is 0.0935. The number of anilines is 1. The highest BCUT2D eigenvalue weighted by atomic mass is 32.1. The van der Waals surface area contributed by atoms with Gasteiger partial charge in [0.05, 0.1) is 5.56 Å². The summed E-state index contributed by atoms with van der Waals surface area (Å²) < 4.78 is 2.37. The van der Waals surface area contributed by atoms with E-state index < -0.39 is 0 Å². The van der Waals surface area contributed by atoms with E-state index in [1.54, 1.807) is 11.3 Å². The van der Waals surface area contributed by atoms with Crippen molar-refractivity contribution in [2.45, 2.75) is 59.7 Å². The van der Waals surface area contributed by atoms with Crippen LogP contribution in [-0.4, -0.2) is 10.5 Å². The zero-order valence-electron chi connectivity index (χ0n) is 20.9. The highest BCUT2D eigenvalue weighted by Gasteiger charge is 2.37. The predicted molar refractivity (Wildman–Crippen MR) is 145 cm³/mol. The van der Waals surface area contributed by atoms with Gasteiger partial charge in [-0.3, -0.25) is 4.79 Å². The number of rotatable bonds is 3. The fourth-order valence-electron chi connectivity index (χ4n) is 5.97. The van der Waals surface area contributed by atoms with E-state index >= 15 is 0 Å². The van der Waals surface area contributed by atoms with Crippen molar-refractivity contribution in [3.8, 4) is 0 Å². The van der Waals surface area contributed by atoms with Crippen LogP contribution in [0.25, 0.3) is 10.9 Å². The Morgan fingerprint density at radius 3 is 2.54 bits per heavy atom. The molecule has 0 saturated carbocycles. The standard InChI is InChI=1S/C30H33N3OS/c1-18-25(21-12-8-9-13-23(21)33(18)17-19-10-6-5-7-11-19)27-31-28(34)26-22-15-14-20(30(2,3)4)16-24(22)35-29(26)32-27/h5-13,20,27,32H,14-17H2,1-4H3,(H,31,34). The third kappa shape index (κ3) is 3.77. The Labute approximate surface area is 211 Å². The van der Waals surface area contributed by atoms with E-state index in [2.05, 4.69) is 97.5 Å². The van der Waals surface area contributed by atoms with Crippen LogP contribution in [0.4, 0.5) is 5.00 Å². The van der Waals surface area contributed by atoms with Crippen LogP contribution in [0.2, 0.25) is 0 Å². The van der Waals surface area contributed by atoms with Crippen molar-refractivity contribution in [1.82, 2.24) is 9.88 Å². The molecular formula is C30H33N3OS. The zero-order chi connectivity index (χ0) is 24.3. The van der Waals surface area contributed by atoms with Gasteiger partial charge in [-0.2, -0.15) is 0 Å². The summed E-state index contributed by atoms with van der Waals surface area (Å²) in [5.41, 5.74) is 7.27. The van der Waals surface area contributed by atoms with Crippen LogP contribution in [0, 0.1) is 18.3 Å². The monoisotopic (exact) mass is 483 g/mol. The Hall–Kier alpha value is -3.05. The smallest absolute Gasteiger partial charge is 0.256 e. The molecule has 3 heterocycles. The molecule has 4 nitrogen and oxygen atoms in total. The lowest BCUT2D eigenvalue weighted by Gasteiger charge is -2.34. The van der Waals surface area contributed by atoms with E-state index in [9.17, 15) is 4.79 Å². The van der Waals surface area contributed by atoms with Crippen LogP contribution in [0.15, 0.2) is 54.6 Å². The number of para-hydroxylation sites is 1. The molecular weight excluding hydrogens is 450 g/mol. The van der Waals surface area contributed by atoms with Gasteiger partial charge in [-0.25, -0.2) is 0 Å². The van der Waals surface area contributed by atoms with Gasteiger partial charge in [0.15, 0.2) is 0 Å². The fraction of sp³-hybridized carbons (Fsp3) is 0.367. The number of fused-ring (bicyclic) bond motifs is 4. The molecule has 2 N–H and O–H groups in total. The fourth-order valence-corrected chi connectivity index (χ4v) is 7.33. The zero-order valence-corrected chi connectivity index (χ0v) is 21.8. The van der Waals surface area contributed by atoms with Gasteiger partial charge in [0.1, 0.15) is 11.2 Å². The number of aromatic nitrogens is 1. The first-order valence-corrected chi connectivity index (χ1v) is 13.5. The molecule has 2 aliphatic rings. The molecule has 0 saturated heterocycles. The van der Waals surface area contributed by atoms with Crippen LogP contribution in [0.1, 0.15) is 71.0 Å². The number of nitrogens with one attached hydrogen (secondary N) is 2. The van der Waals surface area contributed by atoms with Gasteiger partial charge < -0.3 is 15.2 Å². The molecule has 5 heteroatoms. The number of thiophene rings is 1. The first-order chi connectivity index (χ1) is 16.8. The maximum Gasteiger partial charge on any atom is 0.256 e. The Morgan fingerprint density at radius 2 is 1.77 bits per heavy atom. The largest absolute Gasteiger partial charge is 0.353 e. The number of nitrogens with zero attached hydrogens (tertiary/aromatic N) is 1. The van der Waals surface area contributed by atoms with E-state index in [0.29, 0.717) is 5.92 Å². The molecule has 35 heavy (non-hydrogen) atoms. The van der Waals surface area contributed by atoms with Crippen molar-refractivity contribution in [2.75, 3.05) is 5.32 Å². The molecule has 4 aromatic rings. The third-order valence-electron chi connectivity index (χ3n) is 8.02. The van der Waals surface area contributed by atoms with Crippen LogP contribution in [-0.2, 0) is 19.4 Å². The minimum atomic E-state index is -0.240. The van der Waals surface area contributed by atoms with Crippen molar-refractivity contribution >= 4 is 33.1 Å². The Balaban J connectivity index is 1.38. The van der Waals surface area contributed by atoms with Gasteiger partial charge in [0.2, 0.25) is 0 Å². The average Bonchev–Trinajstić information content (AvgIpc) is 3.34. The summed E-state index contributed by atoms with van der Waals surface area (Å²) in [6.07, 6.45) is 2.99. The molecule has 1 aliphatic carbocycles. The summed E-state index contributed by atoms with van der Waals surface area (Å²) in [7, 11) is 0. The highest BCUT2D eigenvalue weighted by Crippen LogP contribution is 2.46. The number of hydrogen-bond donors (Lipinski definition) is 2. The third-order valence-corrected chi connectivity index (χ3v) is 9.21. The van der Waals surface area contributed by atoms with Crippen molar-refractivity contribution in [3.05, 3.63) is 87.4 Å². The molecule has 0 spiro atoms. The maximum atomic E-state index is 13.5. The van der Waals surface area contributed by atoms with Crippen molar-refractivity contribution < 1.29 is 4.79 Å². The minimum absolute atomic E-state index is 0.0646. The first kappa shape index (κ1) is 22.4. The molecule has 6 rings (SSSR count). The lowest BCUT2D eigenvalue weighted by atomic mass is 9.72. The summed E-state index contributed by atoms with van der Waals surface area (Å²) in [6.45, 7) is 10.00. The summed E-state index contributed by atoms with van der Waals surface area (Å²) >= 11 is 1.80. The molecule has 2 aromatic carbocycles. The topological polar surface area (TPSA) is 46.1 Å². The number of amides is 1. The summed E-state index contributed by atoms with van der Waals surface area (Å²) in [6, 6.07) is 19.1. The average molecular weight is 484 g/mol. The molecule has 0 bridgehead atoms.